The molecular formula is C18H19F4NO. The number of halogens is 4. The van der Waals surface area contributed by atoms with Crippen LogP contribution in [0.3, 0.4) is 0 Å². The summed E-state index contributed by atoms with van der Waals surface area (Å²) in [5.41, 5.74) is 6.39. The molecule has 2 aromatic carbocycles. The lowest BCUT2D eigenvalue weighted by Gasteiger charge is -2.18. The van der Waals surface area contributed by atoms with Crippen LogP contribution in [0.15, 0.2) is 24.3 Å². The molecule has 2 rings (SSSR count). The summed E-state index contributed by atoms with van der Waals surface area (Å²) in [5, 5.41) is 0. The molecule has 0 aliphatic rings. The van der Waals surface area contributed by atoms with Gasteiger partial charge >= 0.3 is 6.18 Å². The number of rotatable bonds is 3. The molecule has 6 heteroatoms. The van der Waals surface area contributed by atoms with Gasteiger partial charge in [-0.3, -0.25) is 0 Å². The van der Waals surface area contributed by atoms with Crippen molar-refractivity contribution < 1.29 is 22.3 Å². The van der Waals surface area contributed by atoms with E-state index in [1.165, 1.54) is 26.2 Å². The molecule has 2 N–H and O–H groups in total. The largest absolute Gasteiger partial charge is 0.496 e. The molecule has 0 aromatic heterocycles. The van der Waals surface area contributed by atoms with Gasteiger partial charge in [0.25, 0.3) is 0 Å². The predicted molar refractivity (Wildman–Crippen MR) is 86.6 cm³/mol. The van der Waals surface area contributed by atoms with Crippen molar-refractivity contribution in [2.75, 3.05) is 12.8 Å². The number of methoxy groups -OCH3 is 1. The number of alkyl halides is 3. The van der Waals surface area contributed by atoms with Crippen molar-refractivity contribution in [3.05, 3.63) is 46.8 Å². The molecule has 2 nitrogen and oxygen atoms in total. The molecule has 130 valence electrons. The summed E-state index contributed by atoms with van der Waals surface area (Å²) in [7, 11) is 1.38. The van der Waals surface area contributed by atoms with E-state index >= 15 is 0 Å². The Balaban J connectivity index is 2.72. The van der Waals surface area contributed by atoms with E-state index in [0.717, 1.165) is 6.07 Å². The van der Waals surface area contributed by atoms with Gasteiger partial charge in [-0.05, 0) is 42.2 Å². The number of aryl methyl sites for hydroxylation is 1. The predicted octanol–water partition coefficient (Wildman–Crippen LogP) is 5.53. The summed E-state index contributed by atoms with van der Waals surface area (Å²) in [4.78, 5) is 0. The lowest BCUT2D eigenvalue weighted by molar-refractivity contribution is -0.138. The SMILES string of the molecule is COc1cc(F)c(C(C)C)cc1-c1cc(C)c(C(F)(F)F)cc1N. The Hall–Kier alpha value is -2.24. The summed E-state index contributed by atoms with van der Waals surface area (Å²) in [6.45, 7) is 5.02. The third-order valence-corrected chi connectivity index (χ3v) is 3.93. The summed E-state index contributed by atoms with van der Waals surface area (Å²) in [5.74, 6) is -0.290. The Morgan fingerprint density at radius 2 is 1.67 bits per heavy atom. The van der Waals surface area contributed by atoms with Crippen LogP contribution >= 0.6 is 0 Å². The average Bonchev–Trinajstić information content (AvgIpc) is 2.47. The fourth-order valence-electron chi connectivity index (χ4n) is 2.66. The number of nitrogens with two attached hydrogens (primary N) is 1. The molecule has 0 atom stereocenters. The van der Waals surface area contributed by atoms with Crippen LogP contribution in [0.1, 0.15) is 36.5 Å². The van der Waals surface area contributed by atoms with E-state index < -0.39 is 17.6 Å². The first-order valence-corrected chi connectivity index (χ1v) is 7.41. The normalized spacial score (nSPS) is 11.9. The minimum atomic E-state index is -4.48. The third-order valence-electron chi connectivity index (χ3n) is 3.93. The second-order valence-electron chi connectivity index (χ2n) is 5.98. The van der Waals surface area contributed by atoms with Crippen molar-refractivity contribution in [3.8, 4) is 16.9 Å². The molecule has 0 aliphatic carbocycles. The Morgan fingerprint density at radius 3 is 2.17 bits per heavy atom. The summed E-state index contributed by atoms with van der Waals surface area (Å²) in [6, 6.07) is 5.08. The van der Waals surface area contributed by atoms with Crippen LogP contribution in [0.2, 0.25) is 0 Å². The highest BCUT2D eigenvalue weighted by atomic mass is 19.4. The van der Waals surface area contributed by atoms with Crippen LogP contribution in [0.5, 0.6) is 5.75 Å². The zero-order valence-corrected chi connectivity index (χ0v) is 13.9. The Bertz CT molecular complexity index is 767. The average molecular weight is 341 g/mol. The fourth-order valence-corrected chi connectivity index (χ4v) is 2.66. The van der Waals surface area contributed by atoms with Gasteiger partial charge in [0.2, 0.25) is 0 Å². The smallest absolute Gasteiger partial charge is 0.416 e. The van der Waals surface area contributed by atoms with Gasteiger partial charge in [0.1, 0.15) is 11.6 Å². The van der Waals surface area contributed by atoms with Gasteiger partial charge in [0.15, 0.2) is 0 Å². The van der Waals surface area contributed by atoms with E-state index in [0.29, 0.717) is 16.7 Å². The van der Waals surface area contributed by atoms with Crippen molar-refractivity contribution in [2.45, 2.75) is 32.9 Å². The summed E-state index contributed by atoms with van der Waals surface area (Å²) >= 11 is 0. The molecule has 0 bridgehead atoms. The number of hydrogen-bond donors (Lipinski definition) is 1. The van der Waals surface area contributed by atoms with Crippen LogP contribution in [0.25, 0.3) is 11.1 Å². The van der Waals surface area contributed by atoms with Crippen molar-refractivity contribution in [3.63, 3.8) is 0 Å². The number of benzene rings is 2. The number of anilines is 1. The Morgan fingerprint density at radius 1 is 1.04 bits per heavy atom. The second kappa shape index (κ2) is 6.34. The van der Waals surface area contributed by atoms with E-state index in [2.05, 4.69) is 0 Å². The summed E-state index contributed by atoms with van der Waals surface area (Å²) in [6.07, 6.45) is -4.48. The van der Waals surface area contributed by atoms with Crippen LogP contribution in [-0.2, 0) is 6.18 Å². The van der Waals surface area contributed by atoms with Crippen LogP contribution in [-0.4, -0.2) is 7.11 Å². The highest BCUT2D eigenvalue weighted by Crippen LogP contribution is 2.41. The molecule has 0 fully saturated rings. The number of nitrogen functional groups attached to an aromatic ring is 1. The molecule has 0 saturated heterocycles. The molecule has 0 heterocycles. The van der Waals surface area contributed by atoms with Gasteiger partial charge < -0.3 is 10.5 Å². The van der Waals surface area contributed by atoms with E-state index in [1.807, 2.05) is 13.8 Å². The van der Waals surface area contributed by atoms with Crippen molar-refractivity contribution in [1.29, 1.82) is 0 Å². The first kappa shape index (κ1) is 18.1. The Kier molecular flexibility index (Phi) is 4.78. The zero-order valence-electron chi connectivity index (χ0n) is 13.9. The molecular weight excluding hydrogens is 322 g/mol. The lowest BCUT2D eigenvalue weighted by Crippen LogP contribution is -2.09. The maximum Gasteiger partial charge on any atom is 0.416 e. The Labute approximate surface area is 138 Å². The van der Waals surface area contributed by atoms with Gasteiger partial charge in [-0.1, -0.05) is 13.8 Å². The van der Waals surface area contributed by atoms with E-state index in [-0.39, 0.29) is 22.9 Å². The molecule has 2 aromatic rings. The highest BCUT2D eigenvalue weighted by molar-refractivity contribution is 5.82. The van der Waals surface area contributed by atoms with Crippen molar-refractivity contribution >= 4 is 5.69 Å². The minimum absolute atomic E-state index is 0.0347. The standard InChI is InChI=1S/C18H19F4NO/c1-9(2)11-6-13(17(24-4)8-15(11)19)12-5-10(3)14(7-16(12)23)18(20,21)22/h5-9H,23H2,1-4H3. The van der Waals surface area contributed by atoms with Gasteiger partial charge in [0, 0.05) is 22.9 Å². The van der Waals surface area contributed by atoms with Gasteiger partial charge in [0.05, 0.1) is 12.7 Å². The quantitative estimate of drug-likeness (QED) is 0.588. The van der Waals surface area contributed by atoms with Crippen LogP contribution in [0.4, 0.5) is 23.2 Å². The monoisotopic (exact) mass is 341 g/mol. The zero-order chi connectivity index (χ0) is 18.2. The molecule has 24 heavy (non-hydrogen) atoms. The molecule has 0 saturated carbocycles. The van der Waals surface area contributed by atoms with E-state index in [1.54, 1.807) is 6.07 Å². The van der Waals surface area contributed by atoms with Crippen LogP contribution < -0.4 is 10.5 Å². The topological polar surface area (TPSA) is 35.2 Å². The molecule has 0 aliphatic heterocycles. The molecule has 0 unspecified atom stereocenters. The molecule has 0 radical (unpaired) electrons. The maximum atomic E-state index is 14.1. The first-order chi connectivity index (χ1) is 11.1. The molecule has 0 amide bonds. The van der Waals surface area contributed by atoms with Gasteiger partial charge in [-0.2, -0.15) is 13.2 Å². The summed E-state index contributed by atoms with van der Waals surface area (Å²) < 4.78 is 58.3. The third kappa shape index (κ3) is 3.32. The maximum absolute atomic E-state index is 14.1. The fraction of sp³-hybridized carbons (Fsp3) is 0.333. The second-order valence-corrected chi connectivity index (χ2v) is 5.98. The minimum Gasteiger partial charge on any atom is -0.496 e. The molecule has 0 spiro atoms. The number of ether oxygens (including phenoxy) is 1. The van der Waals surface area contributed by atoms with Crippen molar-refractivity contribution in [1.82, 2.24) is 0 Å². The van der Waals surface area contributed by atoms with E-state index in [4.69, 9.17) is 10.5 Å². The van der Waals surface area contributed by atoms with Gasteiger partial charge in [-0.15, -0.1) is 0 Å². The van der Waals surface area contributed by atoms with Crippen molar-refractivity contribution in [2.24, 2.45) is 0 Å². The van der Waals surface area contributed by atoms with Gasteiger partial charge in [-0.25, -0.2) is 4.39 Å². The number of hydrogen-bond acceptors (Lipinski definition) is 2. The highest BCUT2D eigenvalue weighted by Gasteiger charge is 2.33. The lowest BCUT2D eigenvalue weighted by atomic mass is 9.93. The van der Waals surface area contributed by atoms with Crippen LogP contribution in [0, 0.1) is 12.7 Å². The first-order valence-electron chi connectivity index (χ1n) is 7.41. The van der Waals surface area contributed by atoms with E-state index in [9.17, 15) is 17.6 Å².